The Hall–Kier alpha value is -1.05. The maximum absolute atomic E-state index is 13.5. The molecule has 17 heavy (non-hydrogen) atoms. The van der Waals surface area contributed by atoms with Crippen molar-refractivity contribution in [1.29, 1.82) is 5.26 Å². The highest BCUT2D eigenvalue weighted by molar-refractivity contribution is 7.99. The molecule has 1 heterocycles. The lowest BCUT2D eigenvalue weighted by molar-refractivity contribution is 0.127. The molecule has 2 rings (SSSR count). The fourth-order valence-corrected chi connectivity index (χ4v) is 3.11. The molecule has 1 aromatic carbocycles. The number of benzene rings is 1. The van der Waals surface area contributed by atoms with Crippen LogP contribution in [-0.4, -0.2) is 18.0 Å². The number of halogens is 1. The second-order valence-corrected chi connectivity index (χ2v) is 5.36. The van der Waals surface area contributed by atoms with Crippen molar-refractivity contribution in [3.8, 4) is 6.07 Å². The molecular weight excluding hydrogens is 237 g/mol. The topological polar surface area (TPSA) is 33.0 Å². The zero-order chi connectivity index (χ0) is 12.3. The van der Waals surface area contributed by atoms with Crippen LogP contribution >= 0.6 is 11.8 Å². The molecule has 4 heteroatoms. The molecule has 2 nitrogen and oxygen atoms in total. The molecule has 0 saturated carbocycles. The lowest BCUT2D eigenvalue weighted by atomic mass is 10.1. The number of nitrogens with zero attached hydrogens (tertiary/aromatic N) is 1. The molecule has 0 spiro atoms. The van der Waals surface area contributed by atoms with Gasteiger partial charge < -0.3 is 4.74 Å². The molecule has 1 aliphatic heterocycles. The van der Waals surface area contributed by atoms with Crippen molar-refractivity contribution in [2.24, 2.45) is 0 Å². The minimum Gasteiger partial charge on any atom is -0.377 e. The summed E-state index contributed by atoms with van der Waals surface area (Å²) in [5.74, 6) is 0.364. The van der Waals surface area contributed by atoms with Crippen molar-refractivity contribution in [3.05, 3.63) is 35.1 Å². The van der Waals surface area contributed by atoms with Crippen molar-refractivity contribution < 1.29 is 9.13 Å². The summed E-state index contributed by atoms with van der Waals surface area (Å²) in [6.45, 7) is 2.84. The number of nitriles is 1. The Morgan fingerprint density at radius 3 is 3.06 bits per heavy atom. The van der Waals surface area contributed by atoms with E-state index >= 15 is 0 Å². The maximum atomic E-state index is 13.5. The summed E-state index contributed by atoms with van der Waals surface area (Å²) < 4.78 is 19.0. The molecule has 1 fully saturated rings. The van der Waals surface area contributed by atoms with Gasteiger partial charge >= 0.3 is 0 Å². The first-order chi connectivity index (χ1) is 8.20. The molecule has 1 saturated heterocycles. The first-order valence-corrected chi connectivity index (χ1v) is 6.67. The van der Waals surface area contributed by atoms with Crippen LogP contribution in [0.5, 0.6) is 0 Å². The Morgan fingerprint density at radius 2 is 2.41 bits per heavy atom. The quantitative estimate of drug-likeness (QED) is 0.827. The Balaban J connectivity index is 2.01. The largest absolute Gasteiger partial charge is 0.377 e. The second kappa shape index (κ2) is 5.52. The van der Waals surface area contributed by atoms with E-state index in [0.717, 1.165) is 13.0 Å². The third kappa shape index (κ3) is 2.99. The molecule has 0 bridgehead atoms. The number of hydrogen-bond donors (Lipinski definition) is 0. The molecule has 0 N–H and O–H groups in total. The molecule has 1 aliphatic rings. The first kappa shape index (κ1) is 12.4. The van der Waals surface area contributed by atoms with Crippen LogP contribution in [0.2, 0.25) is 0 Å². The van der Waals surface area contributed by atoms with Crippen LogP contribution in [0.3, 0.4) is 0 Å². The van der Waals surface area contributed by atoms with Gasteiger partial charge in [-0.25, -0.2) is 4.39 Å². The number of ether oxygens (including phenoxy) is 1. The van der Waals surface area contributed by atoms with Gasteiger partial charge in [0, 0.05) is 17.6 Å². The van der Waals surface area contributed by atoms with Crippen molar-refractivity contribution in [1.82, 2.24) is 0 Å². The fourth-order valence-electron chi connectivity index (χ4n) is 1.88. The van der Waals surface area contributed by atoms with Crippen molar-refractivity contribution in [2.75, 3.05) is 6.61 Å². The summed E-state index contributed by atoms with van der Waals surface area (Å²) in [6, 6.07) is 6.53. The molecule has 0 amide bonds. The van der Waals surface area contributed by atoms with E-state index in [-0.39, 0.29) is 11.9 Å². The highest BCUT2D eigenvalue weighted by Crippen LogP contribution is 2.29. The van der Waals surface area contributed by atoms with Gasteiger partial charge in [-0.1, -0.05) is 0 Å². The average Bonchev–Trinajstić information content (AvgIpc) is 2.74. The molecule has 0 radical (unpaired) electrons. The maximum Gasteiger partial charge on any atom is 0.127 e. The smallest absolute Gasteiger partial charge is 0.127 e. The van der Waals surface area contributed by atoms with E-state index in [1.165, 1.54) is 12.1 Å². The zero-order valence-corrected chi connectivity index (χ0v) is 10.5. The summed E-state index contributed by atoms with van der Waals surface area (Å²) >= 11 is 1.70. The van der Waals surface area contributed by atoms with Crippen LogP contribution in [0, 0.1) is 17.1 Å². The third-order valence-corrected chi connectivity index (χ3v) is 4.46. The Morgan fingerprint density at radius 1 is 1.59 bits per heavy atom. The summed E-state index contributed by atoms with van der Waals surface area (Å²) in [5, 5.41) is 9.21. The average molecular weight is 251 g/mol. The highest BCUT2D eigenvalue weighted by atomic mass is 32.2. The van der Waals surface area contributed by atoms with Crippen LogP contribution in [0.1, 0.15) is 24.5 Å². The van der Waals surface area contributed by atoms with E-state index < -0.39 is 0 Å². The first-order valence-electron chi connectivity index (χ1n) is 5.62. The van der Waals surface area contributed by atoms with Crippen LogP contribution in [-0.2, 0) is 10.5 Å². The molecule has 0 aromatic heterocycles. The number of rotatable bonds is 3. The Kier molecular flexibility index (Phi) is 4.03. The van der Waals surface area contributed by atoms with Gasteiger partial charge in [0.25, 0.3) is 0 Å². The lowest BCUT2D eigenvalue weighted by Crippen LogP contribution is -2.13. The Labute approximate surface area is 105 Å². The molecule has 1 aromatic rings. The number of hydrogen-bond acceptors (Lipinski definition) is 3. The van der Waals surface area contributed by atoms with E-state index in [2.05, 4.69) is 0 Å². The van der Waals surface area contributed by atoms with E-state index in [0.29, 0.717) is 22.1 Å². The van der Waals surface area contributed by atoms with Gasteiger partial charge in [0.1, 0.15) is 5.82 Å². The predicted molar refractivity (Wildman–Crippen MR) is 66.2 cm³/mol. The highest BCUT2D eigenvalue weighted by Gasteiger charge is 2.24. The van der Waals surface area contributed by atoms with Gasteiger partial charge in [-0.2, -0.15) is 17.0 Å². The van der Waals surface area contributed by atoms with Gasteiger partial charge in [0.05, 0.1) is 17.7 Å². The van der Waals surface area contributed by atoms with Crippen LogP contribution in [0.25, 0.3) is 0 Å². The van der Waals surface area contributed by atoms with Gasteiger partial charge in [0.2, 0.25) is 0 Å². The van der Waals surface area contributed by atoms with E-state index in [1.807, 2.05) is 13.0 Å². The molecule has 0 aliphatic carbocycles. The monoisotopic (exact) mass is 251 g/mol. The van der Waals surface area contributed by atoms with E-state index in [9.17, 15) is 4.39 Å². The normalized spacial score (nSPS) is 23.6. The van der Waals surface area contributed by atoms with Gasteiger partial charge in [-0.05, 0) is 37.1 Å². The standard InChI is InChI=1S/C13H14FNOS/c1-9-13(4-5-16-9)17-8-11-6-10(7-15)2-3-12(11)14/h2-3,6,9,13H,4-5,8H2,1H3/t9-,13+/m1/s1. The van der Waals surface area contributed by atoms with Gasteiger partial charge in [-0.15, -0.1) is 0 Å². The van der Waals surface area contributed by atoms with Crippen LogP contribution < -0.4 is 0 Å². The van der Waals surface area contributed by atoms with Gasteiger partial charge in [-0.3, -0.25) is 0 Å². The third-order valence-electron chi connectivity index (χ3n) is 2.93. The SMILES string of the molecule is C[C@H]1OCC[C@@H]1SCc1cc(C#N)ccc1F. The van der Waals surface area contributed by atoms with Crippen molar-refractivity contribution in [2.45, 2.75) is 30.5 Å². The summed E-state index contributed by atoms with van der Waals surface area (Å²) in [4.78, 5) is 0. The molecule has 90 valence electrons. The molecule has 2 atom stereocenters. The van der Waals surface area contributed by atoms with E-state index in [1.54, 1.807) is 17.8 Å². The summed E-state index contributed by atoms with van der Waals surface area (Å²) in [5.41, 5.74) is 1.12. The number of thioether (sulfide) groups is 1. The lowest BCUT2D eigenvalue weighted by Gasteiger charge is -2.13. The molecule has 0 unspecified atom stereocenters. The molecular formula is C13H14FNOS. The van der Waals surface area contributed by atoms with E-state index in [4.69, 9.17) is 10.00 Å². The fraction of sp³-hybridized carbons (Fsp3) is 0.462. The van der Waals surface area contributed by atoms with Crippen molar-refractivity contribution >= 4 is 11.8 Å². The minimum atomic E-state index is -0.233. The Bertz CT molecular complexity index is 444. The van der Waals surface area contributed by atoms with Crippen LogP contribution in [0.4, 0.5) is 4.39 Å². The summed E-state index contributed by atoms with van der Waals surface area (Å²) in [6.07, 6.45) is 1.26. The van der Waals surface area contributed by atoms with Crippen LogP contribution in [0.15, 0.2) is 18.2 Å². The second-order valence-electron chi connectivity index (χ2n) is 4.13. The van der Waals surface area contributed by atoms with Crippen molar-refractivity contribution in [3.63, 3.8) is 0 Å². The summed E-state index contributed by atoms with van der Waals surface area (Å²) in [7, 11) is 0. The van der Waals surface area contributed by atoms with Gasteiger partial charge in [0.15, 0.2) is 0 Å². The zero-order valence-electron chi connectivity index (χ0n) is 9.65. The minimum absolute atomic E-state index is 0.233. The predicted octanol–water partition coefficient (Wildman–Crippen LogP) is 3.11.